The summed E-state index contributed by atoms with van der Waals surface area (Å²) >= 11 is 0. The second-order valence-electron chi connectivity index (χ2n) is 17.4. The summed E-state index contributed by atoms with van der Waals surface area (Å²) in [5.41, 5.74) is 13.1. The molecule has 268 valence electrons. The summed E-state index contributed by atoms with van der Waals surface area (Å²) in [5.74, 6) is 0. The maximum absolute atomic E-state index is 2.63. The standard InChI is InChI=1S/C51H46N2Si2/c1-54(2,3)51(55(4,5)6)45-33-36-19-11-10-18-35(36)32-44(45)50-43-25-13-12-24-42(43)49(34-46(50)51)52(37-20-8-7-9-21-37)38-28-30-39(31-29-38)53-47-26-16-14-22-40(47)41-23-15-17-27-48(41)53/h7-34H,1-6H3. The normalized spacial score (nSPS) is 13.8. The Labute approximate surface area is 326 Å². The van der Waals surface area contributed by atoms with Crippen molar-refractivity contribution in [2.24, 2.45) is 0 Å². The molecule has 0 aliphatic heterocycles. The molecule has 2 nitrogen and oxygen atoms in total. The third-order valence-corrected chi connectivity index (χ3v) is 22.5. The van der Waals surface area contributed by atoms with Crippen molar-refractivity contribution in [2.45, 2.75) is 43.9 Å². The Morgan fingerprint density at radius 1 is 0.436 bits per heavy atom. The summed E-state index contributed by atoms with van der Waals surface area (Å²) in [4.78, 5) is 2.51. The molecule has 1 aromatic heterocycles. The van der Waals surface area contributed by atoms with Gasteiger partial charge in [-0.25, -0.2) is 0 Å². The zero-order chi connectivity index (χ0) is 37.7. The second kappa shape index (κ2) is 12.2. The molecule has 1 aliphatic rings. The number of para-hydroxylation sites is 3. The lowest BCUT2D eigenvalue weighted by Gasteiger charge is -2.51. The predicted molar refractivity (Wildman–Crippen MR) is 243 cm³/mol. The minimum Gasteiger partial charge on any atom is -0.310 e. The lowest BCUT2D eigenvalue weighted by Crippen LogP contribution is -2.63. The van der Waals surface area contributed by atoms with E-state index >= 15 is 0 Å². The molecule has 1 aliphatic carbocycles. The van der Waals surface area contributed by atoms with Gasteiger partial charge in [0.15, 0.2) is 0 Å². The van der Waals surface area contributed by atoms with Crippen LogP contribution in [-0.2, 0) is 4.66 Å². The van der Waals surface area contributed by atoms with Crippen LogP contribution >= 0.6 is 0 Å². The van der Waals surface area contributed by atoms with Crippen molar-refractivity contribution in [2.75, 3.05) is 4.90 Å². The number of benzene rings is 8. The van der Waals surface area contributed by atoms with E-state index in [1.54, 1.807) is 5.56 Å². The SMILES string of the molecule is C[Si](C)(C)C1([Si](C)(C)C)c2cc3ccccc3cc2-c2c1cc(N(c1ccccc1)c1ccc(-n3c4ccccc4c4ccccc43)cc1)c1ccccc21. The predicted octanol–water partition coefficient (Wildman–Crippen LogP) is 14.6. The van der Waals surface area contributed by atoms with Crippen molar-refractivity contribution < 1.29 is 0 Å². The molecule has 0 saturated heterocycles. The van der Waals surface area contributed by atoms with Gasteiger partial charge in [0, 0.05) is 37.9 Å². The molecule has 4 heteroatoms. The minimum atomic E-state index is -1.95. The van der Waals surface area contributed by atoms with Crippen LogP contribution in [0.25, 0.3) is 60.2 Å². The number of aromatic nitrogens is 1. The molecule has 0 atom stereocenters. The second-order valence-corrected chi connectivity index (χ2v) is 28.4. The van der Waals surface area contributed by atoms with Crippen LogP contribution in [0, 0.1) is 0 Å². The van der Waals surface area contributed by atoms with Crippen molar-refractivity contribution >= 4 is 76.6 Å². The maximum Gasteiger partial charge on any atom is 0.0579 e. The molecular formula is C51H46N2Si2. The summed E-state index contributed by atoms with van der Waals surface area (Å²) in [7, 11) is -3.89. The highest BCUT2D eigenvalue weighted by Gasteiger charge is 2.59. The van der Waals surface area contributed by atoms with Gasteiger partial charge in [-0.15, -0.1) is 0 Å². The first-order valence-corrected chi connectivity index (χ1v) is 26.6. The van der Waals surface area contributed by atoms with E-state index in [-0.39, 0.29) is 4.66 Å². The smallest absolute Gasteiger partial charge is 0.0579 e. The van der Waals surface area contributed by atoms with Crippen molar-refractivity contribution in [3.8, 4) is 16.8 Å². The molecule has 0 fully saturated rings. The average Bonchev–Trinajstić information content (AvgIpc) is 3.68. The number of hydrogen-bond acceptors (Lipinski definition) is 1. The van der Waals surface area contributed by atoms with Crippen molar-refractivity contribution in [1.82, 2.24) is 4.57 Å². The number of rotatable bonds is 6. The number of nitrogens with zero attached hydrogens (tertiary/aromatic N) is 2. The van der Waals surface area contributed by atoms with E-state index in [1.807, 2.05) is 0 Å². The maximum atomic E-state index is 2.63. The molecule has 1 heterocycles. The zero-order valence-electron chi connectivity index (χ0n) is 32.6. The topological polar surface area (TPSA) is 8.17 Å². The van der Waals surface area contributed by atoms with Gasteiger partial charge in [-0.05, 0) is 99.1 Å². The highest BCUT2D eigenvalue weighted by Crippen LogP contribution is 2.61. The Morgan fingerprint density at radius 3 is 1.53 bits per heavy atom. The van der Waals surface area contributed by atoms with E-state index < -0.39 is 16.1 Å². The summed E-state index contributed by atoms with van der Waals surface area (Å²) in [6.07, 6.45) is 0. The zero-order valence-corrected chi connectivity index (χ0v) is 34.6. The molecule has 0 amide bonds. The Bertz CT molecular complexity index is 2880. The Kier molecular flexibility index (Phi) is 7.48. The molecule has 8 aromatic carbocycles. The Balaban J connectivity index is 1.25. The summed E-state index contributed by atoms with van der Waals surface area (Å²) in [6, 6.07) is 63.6. The van der Waals surface area contributed by atoms with Crippen molar-refractivity contribution in [3.05, 3.63) is 181 Å². The summed E-state index contributed by atoms with van der Waals surface area (Å²) in [6.45, 7) is 15.7. The van der Waals surface area contributed by atoms with Gasteiger partial charge in [0.2, 0.25) is 0 Å². The first-order valence-electron chi connectivity index (χ1n) is 19.6. The van der Waals surface area contributed by atoms with E-state index in [2.05, 4.69) is 219 Å². The van der Waals surface area contributed by atoms with E-state index in [4.69, 9.17) is 0 Å². The molecule has 0 N–H and O–H groups in total. The quantitative estimate of drug-likeness (QED) is 0.154. The summed E-state index contributed by atoms with van der Waals surface area (Å²) in [5, 5.41) is 7.83. The van der Waals surface area contributed by atoms with Crippen LogP contribution in [0.15, 0.2) is 170 Å². The van der Waals surface area contributed by atoms with Crippen LogP contribution in [0.5, 0.6) is 0 Å². The van der Waals surface area contributed by atoms with Crippen molar-refractivity contribution in [3.63, 3.8) is 0 Å². The molecule has 55 heavy (non-hydrogen) atoms. The van der Waals surface area contributed by atoms with Gasteiger partial charge in [0.25, 0.3) is 0 Å². The average molecular weight is 743 g/mol. The largest absolute Gasteiger partial charge is 0.310 e. The van der Waals surface area contributed by atoms with Crippen LogP contribution in [0.4, 0.5) is 17.1 Å². The highest BCUT2D eigenvalue weighted by atomic mass is 28.4. The molecule has 0 saturated carbocycles. The van der Waals surface area contributed by atoms with Crippen LogP contribution in [-0.4, -0.2) is 20.7 Å². The molecular weight excluding hydrogens is 697 g/mol. The molecule has 0 bridgehead atoms. The fraction of sp³-hybridized carbons (Fsp3) is 0.137. The van der Waals surface area contributed by atoms with Gasteiger partial charge >= 0.3 is 0 Å². The molecule has 0 radical (unpaired) electrons. The lowest BCUT2D eigenvalue weighted by molar-refractivity contribution is 0.954. The third-order valence-electron chi connectivity index (χ3n) is 12.4. The molecule has 9 aromatic rings. The van der Waals surface area contributed by atoms with E-state index in [1.165, 1.54) is 65.7 Å². The number of anilines is 3. The fourth-order valence-corrected chi connectivity index (χ4v) is 23.8. The first-order chi connectivity index (χ1) is 26.6. The lowest BCUT2D eigenvalue weighted by atomic mass is 9.94. The molecule has 10 rings (SSSR count). The van der Waals surface area contributed by atoms with Gasteiger partial charge in [-0.3, -0.25) is 0 Å². The number of hydrogen-bond donors (Lipinski definition) is 0. The minimum absolute atomic E-state index is 0.00374. The van der Waals surface area contributed by atoms with E-state index in [0.717, 1.165) is 17.1 Å². The summed E-state index contributed by atoms with van der Waals surface area (Å²) < 4.78 is 2.40. The van der Waals surface area contributed by atoms with Crippen LogP contribution in [0.1, 0.15) is 11.1 Å². The van der Waals surface area contributed by atoms with Gasteiger partial charge in [0.05, 0.1) is 32.9 Å². The van der Waals surface area contributed by atoms with Crippen LogP contribution < -0.4 is 4.90 Å². The number of fused-ring (bicyclic) bond motifs is 9. The first kappa shape index (κ1) is 33.9. The van der Waals surface area contributed by atoms with Crippen LogP contribution in [0.2, 0.25) is 39.3 Å². The van der Waals surface area contributed by atoms with Gasteiger partial charge in [0.1, 0.15) is 0 Å². The Morgan fingerprint density at radius 2 is 0.927 bits per heavy atom. The fourth-order valence-electron chi connectivity index (χ4n) is 10.7. The van der Waals surface area contributed by atoms with Crippen molar-refractivity contribution in [1.29, 1.82) is 0 Å². The highest BCUT2D eigenvalue weighted by molar-refractivity contribution is 6.99. The molecule has 0 spiro atoms. The van der Waals surface area contributed by atoms with Gasteiger partial charge in [-0.2, -0.15) is 0 Å². The third kappa shape index (κ3) is 4.84. The van der Waals surface area contributed by atoms with E-state index in [0.29, 0.717) is 0 Å². The van der Waals surface area contributed by atoms with E-state index in [9.17, 15) is 0 Å². The molecule has 0 unspecified atom stereocenters. The van der Waals surface area contributed by atoms with Gasteiger partial charge in [-0.1, -0.05) is 148 Å². The Hall–Kier alpha value is -5.69. The monoisotopic (exact) mass is 742 g/mol. The van der Waals surface area contributed by atoms with Crippen LogP contribution in [0.3, 0.4) is 0 Å². The van der Waals surface area contributed by atoms with Gasteiger partial charge < -0.3 is 9.47 Å².